The average molecular weight is 579 g/mol. The van der Waals surface area contributed by atoms with Gasteiger partial charge in [-0.2, -0.15) is 0 Å². The lowest BCUT2D eigenvalue weighted by atomic mass is 9.61. The smallest absolute Gasteiger partial charge is 0.268 e. The summed E-state index contributed by atoms with van der Waals surface area (Å²) in [4.78, 5) is 27.9. The normalized spacial score (nSPS) is 20.9. The first kappa shape index (κ1) is 23.0. The topological polar surface area (TPSA) is 34.1 Å². The summed E-state index contributed by atoms with van der Waals surface area (Å²) in [6.45, 7) is 4.72. The summed E-state index contributed by atoms with van der Waals surface area (Å²) in [7, 11) is 0. The molecule has 6 aromatic rings. The van der Waals surface area contributed by atoms with Crippen LogP contribution in [0.4, 0.5) is 0 Å². The molecule has 8 heteroatoms. The Morgan fingerprint density at radius 2 is 1.06 bits per heavy atom. The van der Waals surface area contributed by atoms with Crippen LogP contribution < -0.4 is 0 Å². The molecule has 176 valence electrons. The Balaban J connectivity index is 1.64. The molecule has 0 aliphatic heterocycles. The van der Waals surface area contributed by atoms with Gasteiger partial charge in [-0.05, 0) is 61.4 Å². The zero-order valence-electron chi connectivity index (χ0n) is 19.2. The van der Waals surface area contributed by atoms with E-state index in [1.54, 1.807) is 22.7 Å². The number of benzene rings is 2. The van der Waals surface area contributed by atoms with Gasteiger partial charge in [0, 0.05) is 9.75 Å². The maximum absolute atomic E-state index is 12.0. The predicted molar refractivity (Wildman–Crippen MR) is 160 cm³/mol. The van der Waals surface area contributed by atoms with Crippen LogP contribution in [0.25, 0.3) is 29.9 Å². The Kier molecular flexibility index (Phi) is 5.20. The first-order valence-electron chi connectivity index (χ1n) is 11.3. The van der Waals surface area contributed by atoms with Crippen molar-refractivity contribution in [2.75, 3.05) is 0 Å². The highest BCUT2D eigenvalue weighted by Crippen LogP contribution is 2.66. The standard InChI is InChI=1S/C28H18O2S6/c1-27(25-33-19-7-3-4-8-20(19)34-25)23-17(11-15(13-29)31-23)18-12-16(14-30)32-24(18)28(27,2)26-35-21-9-5-6-10-22(21)36-26/h3-14H,1-2H3/q+2/t27-,28-/m0/s1. The lowest BCUT2D eigenvalue weighted by Gasteiger charge is -2.42. The lowest BCUT2D eigenvalue weighted by Crippen LogP contribution is -2.46. The van der Waals surface area contributed by atoms with Gasteiger partial charge in [-0.15, -0.1) is 22.7 Å². The second-order valence-electron chi connectivity index (χ2n) is 9.15. The summed E-state index contributed by atoms with van der Waals surface area (Å²) in [5.41, 5.74) is 1.38. The first-order chi connectivity index (χ1) is 17.5. The van der Waals surface area contributed by atoms with Crippen molar-refractivity contribution in [2.24, 2.45) is 0 Å². The Morgan fingerprint density at radius 1 is 0.639 bits per heavy atom. The number of hydrogen-bond acceptors (Lipinski definition) is 6. The molecular formula is C28H18O2S6+2. The van der Waals surface area contributed by atoms with Crippen molar-refractivity contribution >= 4 is 99.4 Å². The summed E-state index contributed by atoms with van der Waals surface area (Å²) in [5.74, 6) is 0. The summed E-state index contributed by atoms with van der Waals surface area (Å²) in [5, 5.41) is 0. The van der Waals surface area contributed by atoms with Crippen LogP contribution in [0, 0.1) is 0 Å². The minimum Gasteiger partial charge on any atom is -0.297 e. The molecule has 7 rings (SSSR count). The van der Waals surface area contributed by atoms with E-state index in [1.165, 1.54) is 36.9 Å². The van der Waals surface area contributed by atoms with Gasteiger partial charge in [-0.25, -0.2) is 0 Å². The van der Waals surface area contributed by atoms with Crippen molar-refractivity contribution in [3.8, 4) is 11.1 Å². The molecule has 4 heterocycles. The lowest BCUT2D eigenvalue weighted by molar-refractivity contribution is 0.111. The van der Waals surface area contributed by atoms with Gasteiger partial charge in [-0.3, -0.25) is 9.59 Å². The van der Waals surface area contributed by atoms with E-state index >= 15 is 0 Å². The van der Waals surface area contributed by atoms with E-state index in [-0.39, 0.29) is 0 Å². The van der Waals surface area contributed by atoms with Gasteiger partial charge in [0.2, 0.25) is 0 Å². The van der Waals surface area contributed by atoms with Crippen LogP contribution in [0.1, 0.15) is 51.3 Å². The highest BCUT2D eigenvalue weighted by Gasteiger charge is 2.64. The second kappa shape index (κ2) is 8.15. The second-order valence-corrected chi connectivity index (χ2v) is 16.0. The van der Waals surface area contributed by atoms with Gasteiger partial charge in [0.1, 0.15) is 10.8 Å². The van der Waals surface area contributed by atoms with E-state index < -0.39 is 10.8 Å². The Bertz CT molecular complexity index is 1630. The molecule has 0 N–H and O–H groups in total. The molecule has 4 aromatic heterocycles. The molecule has 0 amide bonds. The first-order valence-corrected chi connectivity index (χ1v) is 16.2. The minimum atomic E-state index is -0.405. The van der Waals surface area contributed by atoms with Gasteiger partial charge >= 0.3 is 0 Å². The van der Waals surface area contributed by atoms with Gasteiger partial charge < -0.3 is 0 Å². The highest BCUT2D eigenvalue weighted by atomic mass is 32.2. The fraction of sp³-hybridized carbons (Fsp3) is 0.143. The van der Waals surface area contributed by atoms with Crippen molar-refractivity contribution in [2.45, 2.75) is 24.7 Å². The molecule has 0 fully saturated rings. The van der Waals surface area contributed by atoms with Crippen LogP contribution in [0.2, 0.25) is 0 Å². The van der Waals surface area contributed by atoms with Gasteiger partial charge in [0.15, 0.2) is 31.4 Å². The maximum Gasteiger partial charge on any atom is 0.268 e. The van der Waals surface area contributed by atoms with E-state index in [1.807, 2.05) is 57.5 Å². The van der Waals surface area contributed by atoms with Crippen LogP contribution in [0.3, 0.4) is 0 Å². The molecule has 2 atom stereocenters. The van der Waals surface area contributed by atoms with Crippen molar-refractivity contribution in [3.05, 3.63) is 88.6 Å². The predicted octanol–water partition coefficient (Wildman–Crippen LogP) is 9.84. The number of aldehydes is 2. The third-order valence-electron chi connectivity index (χ3n) is 7.26. The van der Waals surface area contributed by atoms with Crippen LogP contribution >= 0.6 is 68.0 Å². The van der Waals surface area contributed by atoms with Crippen LogP contribution in [-0.2, 0) is 10.8 Å². The number of rotatable bonds is 4. The fourth-order valence-electron chi connectivity index (χ4n) is 5.21. The molecule has 36 heavy (non-hydrogen) atoms. The van der Waals surface area contributed by atoms with E-state index in [4.69, 9.17) is 0 Å². The largest absolute Gasteiger partial charge is 0.297 e. The van der Waals surface area contributed by atoms with Gasteiger partial charge in [0.25, 0.3) is 8.38 Å². The van der Waals surface area contributed by atoms with E-state index in [2.05, 4.69) is 62.4 Å². The zero-order chi connectivity index (χ0) is 24.7. The molecule has 2 aromatic carbocycles. The molecule has 0 saturated carbocycles. The molecule has 0 spiro atoms. The van der Waals surface area contributed by atoms with Crippen molar-refractivity contribution in [1.29, 1.82) is 0 Å². The molecule has 0 unspecified atom stereocenters. The number of hydrogen-bond donors (Lipinski definition) is 0. The quantitative estimate of drug-likeness (QED) is 0.154. The summed E-state index contributed by atoms with van der Waals surface area (Å²) in [6.07, 6.45) is 1.92. The number of fused-ring (bicyclic) bond motifs is 5. The fourth-order valence-corrected chi connectivity index (χ4v) is 14.0. The molecule has 2 nitrogen and oxygen atoms in total. The number of carbonyl (C=O) groups is 2. The van der Waals surface area contributed by atoms with Crippen LogP contribution in [-0.4, -0.2) is 12.6 Å². The minimum absolute atomic E-state index is 0.405. The Labute approximate surface area is 231 Å². The Morgan fingerprint density at radius 3 is 1.44 bits per heavy atom. The molecule has 0 saturated heterocycles. The van der Waals surface area contributed by atoms with Crippen molar-refractivity contribution in [3.63, 3.8) is 0 Å². The van der Waals surface area contributed by atoms with Crippen LogP contribution in [0.5, 0.6) is 0 Å². The van der Waals surface area contributed by atoms with Gasteiger partial charge in [0.05, 0.1) is 55.1 Å². The van der Waals surface area contributed by atoms with Gasteiger partial charge in [-0.1, -0.05) is 24.3 Å². The third kappa shape index (κ3) is 2.97. The summed E-state index contributed by atoms with van der Waals surface area (Å²) >= 11 is 10.6. The number of thiophene rings is 2. The summed E-state index contributed by atoms with van der Waals surface area (Å²) < 4.78 is 7.76. The SMILES string of the molecule is C[C@@]1(c2sc3ccccc3[s+]2)c2sc(C=O)cc2-c2cc(C=O)sc2[C@@]1(C)c1sc2ccccc2[s+]1. The van der Waals surface area contributed by atoms with E-state index in [0.29, 0.717) is 0 Å². The van der Waals surface area contributed by atoms with Crippen LogP contribution in [0.15, 0.2) is 60.7 Å². The Hall–Kier alpha value is -2.20. The summed E-state index contributed by atoms with van der Waals surface area (Å²) in [6, 6.07) is 21.2. The van der Waals surface area contributed by atoms with E-state index in [9.17, 15) is 9.59 Å². The average Bonchev–Trinajstić information content (AvgIpc) is 3.69. The number of carbonyl (C=O) groups excluding carboxylic acids is 2. The third-order valence-corrected chi connectivity index (χ3v) is 15.8. The molecule has 1 aliphatic carbocycles. The van der Waals surface area contributed by atoms with Crippen molar-refractivity contribution in [1.82, 2.24) is 0 Å². The molecule has 0 bridgehead atoms. The highest BCUT2D eigenvalue weighted by molar-refractivity contribution is 7.40. The molecule has 0 radical (unpaired) electrons. The molecule has 1 aliphatic rings. The van der Waals surface area contributed by atoms with E-state index in [0.717, 1.165) is 33.5 Å². The van der Waals surface area contributed by atoms with Crippen molar-refractivity contribution < 1.29 is 9.59 Å². The zero-order valence-corrected chi connectivity index (χ0v) is 24.1. The maximum atomic E-state index is 12.0. The monoisotopic (exact) mass is 578 g/mol. The molecular weight excluding hydrogens is 561 g/mol.